The molecule has 2 aromatic carbocycles. The summed E-state index contributed by atoms with van der Waals surface area (Å²) >= 11 is 12.6. The summed E-state index contributed by atoms with van der Waals surface area (Å²) in [6.07, 6.45) is -0.442. The van der Waals surface area contributed by atoms with Gasteiger partial charge in [0.2, 0.25) is 0 Å². The Morgan fingerprint density at radius 2 is 1.77 bits per heavy atom. The monoisotopic (exact) mass is 398 g/mol. The van der Waals surface area contributed by atoms with Crippen LogP contribution in [0.25, 0.3) is 0 Å². The van der Waals surface area contributed by atoms with Gasteiger partial charge in [-0.15, -0.1) is 0 Å². The van der Waals surface area contributed by atoms with Gasteiger partial charge in [-0.3, -0.25) is 0 Å². The average Bonchev–Trinajstić information content (AvgIpc) is 2.52. The summed E-state index contributed by atoms with van der Waals surface area (Å²) in [5.74, 6) is -0.433. The van der Waals surface area contributed by atoms with Crippen molar-refractivity contribution in [1.82, 2.24) is 0 Å². The molecule has 0 heterocycles. The molecular formula is C20H21Cl2FO3. The Kier molecular flexibility index (Phi) is 6.43. The lowest BCUT2D eigenvalue weighted by Gasteiger charge is -2.17. The van der Waals surface area contributed by atoms with Gasteiger partial charge in [-0.2, -0.15) is 0 Å². The van der Waals surface area contributed by atoms with Gasteiger partial charge < -0.3 is 14.9 Å². The molecule has 6 heteroatoms. The average molecular weight is 399 g/mol. The molecular weight excluding hydrogens is 378 g/mol. The minimum absolute atomic E-state index is 0.0691. The molecule has 0 aliphatic carbocycles. The summed E-state index contributed by atoms with van der Waals surface area (Å²) in [6.45, 7) is 8.67. The van der Waals surface area contributed by atoms with Crippen molar-refractivity contribution in [3.63, 3.8) is 0 Å². The highest BCUT2D eigenvalue weighted by atomic mass is 35.5. The molecule has 3 nitrogen and oxygen atoms in total. The number of ether oxygens (including phenoxy) is 1. The van der Waals surface area contributed by atoms with E-state index in [4.69, 9.17) is 27.9 Å². The fraction of sp³-hybridized carbons (Fsp3) is 0.300. The smallest absolute Gasteiger partial charge is 0.152 e. The standard InChI is InChI=1S/C20H21Cl2FO3/c1-10(2)19-18(25)6-5-13(20(19)23)7-15-16(21)8-14(9-17(15)22)26-12(4)11(3)24/h5-6,8-10,12,24-25H,3,7H2,1-2,4H3. The quantitative estimate of drug-likeness (QED) is 0.554. The number of phenols is 1. The highest BCUT2D eigenvalue weighted by Crippen LogP contribution is 2.36. The van der Waals surface area contributed by atoms with Crippen molar-refractivity contribution in [2.45, 2.75) is 39.2 Å². The molecule has 0 aliphatic heterocycles. The lowest BCUT2D eigenvalue weighted by atomic mass is 9.95. The van der Waals surface area contributed by atoms with Crippen LogP contribution in [0.5, 0.6) is 11.5 Å². The third kappa shape index (κ3) is 4.43. The van der Waals surface area contributed by atoms with Crippen LogP contribution < -0.4 is 4.74 Å². The number of rotatable bonds is 6. The van der Waals surface area contributed by atoms with E-state index in [2.05, 4.69) is 6.58 Å². The first kappa shape index (κ1) is 20.4. The number of benzene rings is 2. The van der Waals surface area contributed by atoms with E-state index in [0.717, 1.165) is 0 Å². The van der Waals surface area contributed by atoms with Crippen molar-refractivity contribution in [2.24, 2.45) is 0 Å². The van der Waals surface area contributed by atoms with Gasteiger partial charge in [0.1, 0.15) is 23.1 Å². The molecule has 1 atom stereocenters. The normalized spacial score (nSPS) is 12.3. The lowest BCUT2D eigenvalue weighted by molar-refractivity contribution is 0.193. The first-order valence-electron chi connectivity index (χ1n) is 8.14. The number of aliphatic hydroxyl groups is 1. The van der Waals surface area contributed by atoms with E-state index in [1.807, 2.05) is 13.8 Å². The van der Waals surface area contributed by atoms with E-state index >= 15 is 0 Å². The molecule has 140 valence electrons. The van der Waals surface area contributed by atoms with Crippen molar-refractivity contribution >= 4 is 23.2 Å². The molecule has 2 rings (SSSR count). The van der Waals surface area contributed by atoms with Crippen LogP contribution in [0.3, 0.4) is 0 Å². The molecule has 0 aromatic heterocycles. The summed E-state index contributed by atoms with van der Waals surface area (Å²) < 4.78 is 20.3. The first-order chi connectivity index (χ1) is 12.1. The SMILES string of the molecule is C=C(O)C(C)Oc1cc(Cl)c(Cc2ccc(O)c(C(C)C)c2F)c(Cl)c1. The van der Waals surface area contributed by atoms with Gasteiger partial charge in [-0.05, 0) is 42.2 Å². The largest absolute Gasteiger partial charge is 0.509 e. The van der Waals surface area contributed by atoms with E-state index in [1.165, 1.54) is 12.1 Å². The number of phenolic OH excluding ortho intramolecular Hbond substituents is 1. The van der Waals surface area contributed by atoms with E-state index in [0.29, 0.717) is 26.9 Å². The zero-order valence-electron chi connectivity index (χ0n) is 14.8. The maximum Gasteiger partial charge on any atom is 0.152 e. The van der Waals surface area contributed by atoms with Gasteiger partial charge in [0.25, 0.3) is 0 Å². The van der Waals surface area contributed by atoms with E-state index in [9.17, 15) is 14.6 Å². The second-order valence-electron chi connectivity index (χ2n) is 6.42. The fourth-order valence-electron chi connectivity index (χ4n) is 2.59. The van der Waals surface area contributed by atoms with E-state index in [1.54, 1.807) is 19.1 Å². The third-order valence-electron chi connectivity index (χ3n) is 4.08. The van der Waals surface area contributed by atoms with Crippen LogP contribution in [0, 0.1) is 5.82 Å². The van der Waals surface area contributed by atoms with Crippen molar-refractivity contribution in [1.29, 1.82) is 0 Å². The van der Waals surface area contributed by atoms with Gasteiger partial charge in [-0.25, -0.2) is 4.39 Å². The summed E-state index contributed by atoms with van der Waals surface area (Å²) in [4.78, 5) is 0. The molecule has 0 aliphatic rings. The van der Waals surface area contributed by atoms with Gasteiger partial charge in [0, 0.05) is 22.0 Å². The molecule has 0 amide bonds. The Morgan fingerprint density at radius 3 is 2.27 bits per heavy atom. The molecule has 0 radical (unpaired) electrons. The molecule has 1 unspecified atom stereocenters. The Hall–Kier alpha value is -1.91. The first-order valence-corrected chi connectivity index (χ1v) is 8.90. The highest BCUT2D eigenvalue weighted by Gasteiger charge is 2.19. The van der Waals surface area contributed by atoms with E-state index < -0.39 is 11.9 Å². The van der Waals surface area contributed by atoms with Gasteiger partial charge in [0.15, 0.2) is 6.10 Å². The second kappa shape index (κ2) is 8.19. The Labute approximate surface area is 162 Å². The van der Waals surface area contributed by atoms with Crippen LogP contribution in [0.4, 0.5) is 4.39 Å². The number of aliphatic hydroxyl groups excluding tert-OH is 1. The number of hydrogen-bond acceptors (Lipinski definition) is 3. The van der Waals surface area contributed by atoms with Crippen LogP contribution in [0.1, 0.15) is 43.4 Å². The molecule has 0 fully saturated rings. The topological polar surface area (TPSA) is 49.7 Å². The Morgan fingerprint density at radius 1 is 1.19 bits per heavy atom. The molecule has 0 bridgehead atoms. The number of halogens is 3. The fourth-order valence-corrected chi connectivity index (χ4v) is 3.19. The van der Waals surface area contributed by atoms with Gasteiger partial charge >= 0.3 is 0 Å². The summed E-state index contributed by atoms with van der Waals surface area (Å²) in [5, 5.41) is 19.9. The maximum atomic E-state index is 14.8. The van der Waals surface area contributed by atoms with E-state index in [-0.39, 0.29) is 29.4 Å². The van der Waals surface area contributed by atoms with Crippen molar-refractivity contribution < 1.29 is 19.3 Å². The summed E-state index contributed by atoms with van der Waals surface area (Å²) in [7, 11) is 0. The van der Waals surface area contributed by atoms with Crippen LogP contribution >= 0.6 is 23.2 Å². The van der Waals surface area contributed by atoms with Crippen molar-refractivity contribution in [3.05, 3.63) is 69.2 Å². The zero-order valence-corrected chi connectivity index (χ0v) is 16.3. The van der Waals surface area contributed by atoms with Gasteiger partial charge in [-0.1, -0.05) is 49.7 Å². The predicted octanol–water partition coefficient (Wildman–Crippen LogP) is 6.39. The molecule has 0 saturated carbocycles. The van der Waals surface area contributed by atoms with Crippen LogP contribution in [0.15, 0.2) is 36.6 Å². The lowest BCUT2D eigenvalue weighted by Crippen LogP contribution is -2.14. The van der Waals surface area contributed by atoms with Crippen LogP contribution in [0.2, 0.25) is 10.0 Å². The van der Waals surface area contributed by atoms with Crippen molar-refractivity contribution in [2.75, 3.05) is 0 Å². The molecule has 26 heavy (non-hydrogen) atoms. The zero-order chi connectivity index (χ0) is 19.6. The van der Waals surface area contributed by atoms with Gasteiger partial charge in [0.05, 0.1) is 0 Å². The Balaban J connectivity index is 2.37. The highest BCUT2D eigenvalue weighted by molar-refractivity contribution is 6.36. The minimum Gasteiger partial charge on any atom is -0.509 e. The molecule has 0 spiro atoms. The molecule has 0 saturated heterocycles. The Bertz CT molecular complexity index is 811. The summed E-state index contributed by atoms with van der Waals surface area (Å²) in [6, 6.07) is 6.11. The number of hydrogen-bond donors (Lipinski definition) is 2. The summed E-state index contributed by atoms with van der Waals surface area (Å²) in [5.41, 5.74) is 1.21. The minimum atomic E-state index is -0.615. The maximum absolute atomic E-state index is 14.8. The van der Waals surface area contributed by atoms with Crippen LogP contribution in [-0.2, 0) is 6.42 Å². The number of aromatic hydroxyl groups is 1. The van der Waals surface area contributed by atoms with Crippen LogP contribution in [-0.4, -0.2) is 16.3 Å². The van der Waals surface area contributed by atoms with Crippen molar-refractivity contribution in [3.8, 4) is 11.5 Å². The molecule has 2 aromatic rings. The molecule has 2 N–H and O–H groups in total. The third-order valence-corrected chi connectivity index (χ3v) is 4.75. The predicted molar refractivity (Wildman–Crippen MR) is 103 cm³/mol. The second-order valence-corrected chi connectivity index (χ2v) is 7.23.